The van der Waals surface area contributed by atoms with Crippen molar-refractivity contribution in [3.05, 3.63) is 98.6 Å². The molecular weight excluding hydrogens is 494 g/mol. The van der Waals surface area contributed by atoms with E-state index in [-0.39, 0.29) is 42.5 Å². The molecule has 3 aromatic carbocycles. The number of hydrogen-bond donors (Lipinski definition) is 1. The van der Waals surface area contributed by atoms with Gasteiger partial charge in [0, 0.05) is 11.6 Å². The summed E-state index contributed by atoms with van der Waals surface area (Å²) >= 11 is 6.03. The highest BCUT2D eigenvalue weighted by molar-refractivity contribution is 7.92. The van der Waals surface area contributed by atoms with E-state index >= 15 is 0 Å². The molecule has 0 atom stereocenters. The van der Waals surface area contributed by atoms with Crippen LogP contribution in [0.15, 0.2) is 66.7 Å². The second-order valence-electron chi connectivity index (χ2n) is 7.68. The van der Waals surface area contributed by atoms with Gasteiger partial charge in [-0.05, 0) is 42.8 Å². The molecule has 0 radical (unpaired) electrons. The Balaban J connectivity index is 1.66. The Labute approximate surface area is 208 Å². The van der Waals surface area contributed by atoms with E-state index in [1.165, 1.54) is 25.1 Å². The molecule has 0 aliphatic rings. The van der Waals surface area contributed by atoms with E-state index in [9.17, 15) is 23.3 Å². The molecule has 0 aliphatic carbocycles. The van der Waals surface area contributed by atoms with Crippen LogP contribution in [0.5, 0.6) is 5.75 Å². The van der Waals surface area contributed by atoms with Gasteiger partial charge < -0.3 is 10.1 Å². The van der Waals surface area contributed by atoms with Crippen LogP contribution in [0.3, 0.4) is 0 Å². The van der Waals surface area contributed by atoms with Crippen LogP contribution < -0.4 is 14.4 Å². The van der Waals surface area contributed by atoms with Gasteiger partial charge in [-0.3, -0.25) is 19.2 Å². The van der Waals surface area contributed by atoms with Crippen molar-refractivity contribution >= 4 is 38.9 Å². The molecule has 0 fully saturated rings. The number of halogens is 1. The fourth-order valence-electron chi connectivity index (χ4n) is 3.38. The Morgan fingerprint density at radius 1 is 1.09 bits per heavy atom. The van der Waals surface area contributed by atoms with Crippen LogP contribution in [0, 0.1) is 17.0 Å². The number of nitro groups is 1. The summed E-state index contributed by atoms with van der Waals surface area (Å²) in [4.78, 5) is 23.1. The number of nitrogens with zero attached hydrogens (tertiary/aromatic N) is 2. The lowest BCUT2D eigenvalue weighted by molar-refractivity contribution is -0.385. The lowest BCUT2D eigenvalue weighted by atomic mass is 10.1. The van der Waals surface area contributed by atoms with E-state index < -0.39 is 14.9 Å². The van der Waals surface area contributed by atoms with Crippen molar-refractivity contribution in [2.24, 2.45) is 0 Å². The van der Waals surface area contributed by atoms with Crippen LogP contribution in [-0.2, 0) is 16.6 Å². The van der Waals surface area contributed by atoms with Crippen molar-refractivity contribution in [3.8, 4) is 5.75 Å². The first-order chi connectivity index (χ1) is 16.6. The first-order valence-electron chi connectivity index (χ1n) is 10.5. The molecule has 3 aromatic rings. The zero-order valence-electron chi connectivity index (χ0n) is 19.1. The number of sulfonamides is 1. The molecule has 0 aliphatic heterocycles. The summed E-state index contributed by atoms with van der Waals surface area (Å²) < 4.78 is 31.6. The predicted molar refractivity (Wildman–Crippen MR) is 135 cm³/mol. The molecule has 1 amide bonds. The molecule has 0 saturated heterocycles. The third-order valence-electron chi connectivity index (χ3n) is 5.17. The van der Waals surface area contributed by atoms with E-state index in [1.54, 1.807) is 48.5 Å². The van der Waals surface area contributed by atoms with Gasteiger partial charge in [0.15, 0.2) is 0 Å². The molecule has 0 aromatic heterocycles. The average molecular weight is 518 g/mol. The number of hydrogen-bond acceptors (Lipinski definition) is 6. The van der Waals surface area contributed by atoms with E-state index in [4.69, 9.17) is 16.3 Å². The lowest BCUT2D eigenvalue weighted by Gasteiger charge is -2.24. The summed E-state index contributed by atoms with van der Waals surface area (Å²) in [7, 11) is -3.74. The average Bonchev–Trinajstić information content (AvgIpc) is 2.81. The molecule has 0 spiro atoms. The van der Waals surface area contributed by atoms with Crippen molar-refractivity contribution in [3.63, 3.8) is 0 Å². The molecule has 0 unspecified atom stereocenters. The number of benzene rings is 3. The number of anilines is 1. The minimum absolute atomic E-state index is 0.0472. The van der Waals surface area contributed by atoms with Gasteiger partial charge in [0.1, 0.15) is 12.4 Å². The van der Waals surface area contributed by atoms with E-state index in [0.29, 0.717) is 21.9 Å². The van der Waals surface area contributed by atoms with E-state index in [1.807, 2.05) is 0 Å². The van der Waals surface area contributed by atoms with Crippen LogP contribution in [0.1, 0.15) is 21.5 Å². The molecule has 35 heavy (non-hydrogen) atoms. The third-order valence-corrected chi connectivity index (χ3v) is 6.61. The Hall–Kier alpha value is -3.63. The van der Waals surface area contributed by atoms with Crippen LogP contribution in [-0.4, -0.2) is 38.7 Å². The summed E-state index contributed by atoms with van der Waals surface area (Å²) in [6.07, 6.45) is 1.04. The number of amides is 1. The summed E-state index contributed by atoms with van der Waals surface area (Å²) in [6, 6.07) is 17.8. The zero-order valence-corrected chi connectivity index (χ0v) is 20.7. The van der Waals surface area contributed by atoms with Crippen molar-refractivity contribution in [1.29, 1.82) is 0 Å². The lowest BCUT2D eigenvalue weighted by Crippen LogP contribution is -2.30. The molecule has 3 rings (SSSR count). The minimum Gasteiger partial charge on any atom is -0.490 e. The zero-order chi connectivity index (χ0) is 25.6. The maximum atomic E-state index is 12.5. The first-order valence-corrected chi connectivity index (χ1v) is 12.8. The van der Waals surface area contributed by atoms with Crippen LogP contribution in [0.4, 0.5) is 11.4 Å². The number of nitrogens with one attached hydrogen (secondary N) is 1. The SMILES string of the molecule is Cc1c(N(Cc2ccc(C(=O)NCCOc3ccccc3Cl)cc2)S(C)(=O)=O)cccc1[N+](=O)[O-]. The molecule has 1 N–H and O–H groups in total. The van der Waals surface area contributed by atoms with Gasteiger partial charge in [-0.2, -0.15) is 0 Å². The van der Waals surface area contributed by atoms with E-state index in [2.05, 4.69) is 5.32 Å². The van der Waals surface area contributed by atoms with Gasteiger partial charge in [0.25, 0.3) is 11.6 Å². The number of nitro benzene ring substituents is 1. The largest absolute Gasteiger partial charge is 0.490 e. The fourth-order valence-corrected chi connectivity index (χ4v) is 4.51. The number of carbonyl (C=O) groups is 1. The van der Waals surface area contributed by atoms with Gasteiger partial charge in [0.05, 0.1) is 40.5 Å². The Morgan fingerprint density at radius 3 is 2.40 bits per heavy atom. The molecule has 0 heterocycles. The van der Waals surface area contributed by atoms with Crippen molar-refractivity contribution < 1.29 is 22.9 Å². The second kappa shape index (κ2) is 11.2. The minimum atomic E-state index is -3.74. The monoisotopic (exact) mass is 517 g/mol. The van der Waals surface area contributed by atoms with Gasteiger partial charge in [-0.15, -0.1) is 0 Å². The third kappa shape index (κ3) is 6.71. The quantitative estimate of drug-likeness (QED) is 0.243. The number of carbonyl (C=O) groups excluding carboxylic acids is 1. The van der Waals surface area contributed by atoms with Gasteiger partial charge in [0.2, 0.25) is 10.0 Å². The molecule has 184 valence electrons. The maximum absolute atomic E-state index is 12.5. The summed E-state index contributed by atoms with van der Waals surface area (Å²) in [5.41, 5.74) is 1.31. The predicted octanol–water partition coefficient (Wildman–Crippen LogP) is 4.33. The smallest absolute Gasteiger partial charge is 0.274 e. The summed E-state index contributed by atoms with van der Waals surface area (Å²) in [5.74, 6) is 0.219. The molecule has 0 saturated carbocycles. The normalized spacial score (nSPS) is 11.1. The van der Waals surface area contributed by atoms with E-state index in [0.717, 1.165) is 10.6 Å². The number of rotatable bonds is 10. The van der Waals surface area contributed by atoms with Crippen LogP contribution in [0.25, 0.3) is 0 Å². The summed E-state index contributed by atoms with van der Waals surface area (Å²) in [6.45, 7) is 1.96. The molecule has 0 bridgehead atoms. The summed E-state index contributed by atoms with van der Waals surface area (Å²) in [5, 5.41) is 14.5. The van der Waals surface area contributed by atoms with Crippen molar-refractivity contribution in [1.82, 2.24) is 5.32 Å². The Morgan fingerprint density at radius 2 is 1.77 bits per heavy atom. The number of para-hydroxylation sites is 1. The second-order valence-corrected chi connectivity index (χ2v) is 9.99. The van der Waals surface area contributed by atoms with Gasteiger partial charge in [-0.1, -0.05) is 41.9 Å². The highest BCUT2D eigenvalue weighted by Gasteiger charge is 2.24. The molecule has 11 heteroatoms. The highest BCUT2D eigenvalue weighted by atomic mass is 35.5. The Bertz CT molecular complexity index is 1330. The molecular formula is C24H24ClN3O6S. The Kier molecular flexibility index (Phi) is 8.31. The maximum Gasteiger partial charge on any atom is 0.274 e. The highest BCUT2D eigenvalue weighted by Crippen LogP contribution is 2.31. The first kappa shape index (κ1) is 26.0. The van der Waals surface area contributed by atoms with Crippen molar-refractivity contribution in [2.75, 3.05) is 23.7 Å². The topological polar surface area (TPSA) is 119 Å². The fraction of sp³-hybridized carbons (Fsp3) is 0.208. The van der Waals surface area contributed by atoms with Crippen LogP contribution in [0.2, 0.25) is 5.02 Å². The van der Waals surface area contributed by atoms with Crippen LogP contribution >= 0.6 is 11.6 Å². The standard InChI is InChI=1S/C24H24ClN3O6S/c1-17-21(7-5-8-22(17)28(30)31)27(35(2,32)33)16-18-10-12-19(13-11-18)24(29)26-14-15-34-23-9-4-3-6-20(23)25/h3-13H,14-16H2,1-2H3,(H,26,29). The molecule has 9 nitrogen and oxygen atoms in total. The van der Waals surface area contributed by atoms with Gasteiger partial charge >= 0.3 is 0 Å². The van der Waals surface area contributed by atoms with Crippen molar-refractivity contribution in [2.45, 2.75) is 13.5 Å². The van der Waals surface area contributed by atoms with Gasteiger partial charge in [-0.25, -0.2) is 8.42 Å². The number of ether oxygens (including phenoxy) is 1.